The van der Waals surface area contributed by atoms with E-state index in [4.69, 9.17) is 16.3 Å². The molecule has 0 aliphatic rings. The van der Waals surface area contributed by atoms with Crippen LogP contribution in [-0.4, -0.2) is 62.4 Å². The lowest BCUT2D eigenvalue weighted by Gasteiger charge is -2.28. The van der Waals surface area contributed by atoms with Crippen molar-refractivity contribution < 1.29 is 49.8 Å². The van der Waals surface area contributed by atoms with Crippen LogP contribution in [0.2, 0.25) is 5.02 Å². The van der Waals surface area contributed by atoms with Gasteiger partial charge < -0.3 is 14.0 Å². The van der Waals surface area contributed by atoms with Crippen molar-refractivity contribution in [2.75, 3.05) is 18.6 Å². The van der Waals surface area contributed by atoms with E-state index in [9.17, 15) is 40.3 Å². The number of imidazole rings is 1. The minimum atomic E-state index is -5.63. The van der Waals surface area contributed by atoms with Crippen molar-refractivity contribution in [3.05, 3.63) is 71.7 Å². The minimum absolute atomic E-state index is 0.0775. The molecule has 1 atom stereocenters. The number of carbonyl (C=O) groups is 2. The van der Waals surface area contributed by atoms with Gasteiger partial charge in [0.05, 0.1) is 36.0 Å². The number of carbonyl (C=O) groups excluding carboxylic acids is 2. The van der Waals surface area contributed by atoms with E-state index >= 15 is 0 Å². The molecule has 10 nitrogen and oxygen atoms in total. The Balaban J connectivity index is 1.76. The fraction of sp³-hybridized carbons (Fsp3) is 0.240. The van der Waals surface area contributed by atoms with Gasteiger partial charge in [0.25, 0.3) is 12.1 Å². The van der Waals surface area contributed by atoms with E-state index in [1.807, 2.05) is 0 Å². The first kappa shape index (κ1) is 31.3. The molecule has 4 aromatic rings. The molecule has 0 radical (unpaired) electrons. The quantitative estimate of drug-likeness (QED) is 0.188. The van der Waals surface area contributed by atoms with Gasteiger partial charge in [-0.05, 0) is 37.3 Å². The minimum Gasteiger partial charge on any atom is -0.495 e. The van der Waals surface area contributed by atoms with Gasteiger partial charge in [0.1, 0.15) is 23.8 Å². The van der Waals surface area contributed by atoms with Gasteiger partial charge in [-0.3, -0.25) is 9.69 Å². The number of hydrogen-bond acceptors (Lipinski definition) is 7. The Morgan fingerprint density at radius 3 is 2.37 bits per heavy atom. The molecular weight excluding hydrogens is 617 g/mol. The summed E-state index contributed by atoms with van der Waals surface area (Å²) in [6.07, 6.45) is -9.35. The highest BCUT2D eigenvalue weighted by Gasteiger charge is 2.46. The Kier molecular flexibility index (Phi) is 8.66. The molecule has 2 heterocycles. The molecule has 0 saturated carbocycles. The van der Waals surface area contributed by atoms with Gasteiger partial charge >= 0.3 is 18.3 Å². The van der Waals surface area contributed by atoms with Crippen LogP contribution in [0.1, 0.15) is 11.9 Å². The maximum absolute atomic E-state index is 13.7. The van der Waals surface area contributed by atoms with Gasteiger partial charge in [0.15, 0.2) is 0 Å². The van der Waals surface area contributed by atoms with Crippen LogP contribution in [0.25, 0.3) is 16.9 Å². The maximum atomic E-state index is 13.7. The van der Waals surface area contributed by atoms with E-state index in [0.29, 0.717) is 33.9 Å². The third-order valence-electron chi connectivity index (χ3n) is 5.70. The lowest BCUT2D eigenvalue weighted by atomic mass is 10.1. The van der Waals surface area contributed by atoms with Crippen LogP contribution in [-0.2, 0) is 14.3 Å². The molecule has 2 aromatic carbocycles. The number of ether oxygens (including phenoxy) is 2. The Bertz CT molecular complexity index is 1650. The summed E-state index contributed by atoms with van der Waals surface area (Å²) in [5.41, 5.74) is 0.777. The molecule has 0 aliphatic heterocycles. The number of rotatable bonds is 8. The summed E-state index contributed by atoms with van der Waals surface area (Å²) in [7, 11) is 1.37. The lowest BCUT2D eigenvalue weighted by molar-refractivity contribution is -0.210. The number of amides is 1. The molecule has 18 heteroatoms. The van der Waals surface area contributed by atoms with Crippen LogP contribution in [0.3, 0.4) is 0 Å². The first-order chi connectivity index (χ1) is 20.1. The number of esters is 1. The predicted octanol–water partition coefficient (Wildman–Crippen LogP) is 5.44. The zero-order valence-electron chi connectivity index (χ0n) is 21.8. The predicted molar refractivity (Wildman–Crippen MR) is 135 cm³/mol. The molecule has 0 fully saturated rings. The number of nitrogens with zero attached hydrogens (tertiary/aromatic N) is 6. The molecule has 0 N–H and O–H groups in total. The molecule has 2 aromatic heterocycles. The maximum Gasteiger partial charge on any atom is 0.491 e. The topological polar surface area (TPSA) is 104 Å². The SMILES string of the molecule is COc1cc(-c2cn(C(OC(=O)C(F)(F)F)C(=O)N(CC(F)(F)F)c3ccc(F)c(Cl)c3)nn2)ccc1-n1cnc(C)c1. The number of aromatic nitrogens is 5. The molecule has 0 aliphatic carbocycles. The normalized spacial score (nSPS) is 12.6. The van der Waals surface area contributed by atoms with Gasteiger partial charge in [-0.2, -0.15) is 26.3 Å². The number of hydrogen-bond donors (Lipinski definition) is 0. The first-order valence-electron chi connectivity index (χ1n) is 11.8. The highest BCUT2D eigenvalue weighted by molar-refractivity contribution is 6.31. The Morgan fingerprint density at radius 2 is 1.79 bits per heavy atom. The van der Waals surface area contributed by atoms with Crippen molar-refractivity contribution >= 4 is 29.2 Å². The van der Waals surface area contributed by atoms with E-state index in [-0.39, 0.29) is 16.2 Å². The third kappa shape index (κ3) is 7.22. The monoisotopic (exact) mass is 634 g/mol. The summed E-state index contributed by atoms with van der Waals surface area (Å²) < 4.78 is 105. The first-order valence-corrected chi connectivity index (χ1v) is 12.2. The molecular formula is C25H18ClF7N6O4. The zero-order chi connectivity index (χ0) is 31.7. The van der Waals surface area contributed by atoms with Gasteiger partial charge in [0.2, 0.25) is 0 Å². The number of methoxy groups -OCH3 is 1. The molecule has 0 saturated heterocycles. The third-order valence-corrected chi connectivity index (χ3v) is 5.99. The van der Waals surface area contributed by atoms with E-state index in [1.165, 1.54) is 25.6 Å². The molecule has 0 spiro atoms. The van der Waals surface area contributed by atoms with Crippen LogP contribution >= 0.6 is 11.6 Å². The Labute approximate surface area is 242 Å². The number of alkyl halides is 6. The molecule has 1 amide bonds. The van der Waals surface area contributed by atoms with Crippen LogP contribution in [0, 0.1) is 12.7 Å². The van der Waals surface area contributed by atoms with Crippen LogP contribution in [0.15, 0.2) is 55.1 Å². The van der Waals surface area contributed by atoms with Crippen molar-refractivity contribution in [1.29, 1.82) is 0 Å². The number of aryl methyl sites for hydroxylation is 1. The second-order valence-corrected chi connectivity index (χ2v) is 9.19. The molecule has 1 unspecified atom stereocenters. The fourth-order valence-electron chi connectivity index (χ4n) is 3.77. The van der Waals surface area contributed by atoms with E-state index in [1.54, 1.807) is 23.8 Å². The Hall–Kier alpha value is -4.67. The van der Waals surface area contributed by atoms with Crippen molar-refractivity contribution in [3.63, 3.8) is 0 Å². The summed E-state index contributed by atoms with van der Waals surface area (Å²) in [6, 6.07) is 6.58. The van der Waals surface area contributed by atoms with Gasteiger partial charge in [-0.1, -0.05) is 22.9 Å². The fourth-order valence-corrected chi connectivity index (χ4v) is 3.95. The second-order valence-electron chi connectivity index (χ2n) is 8.79. The molecule has 43 heavy (non-hydrogen) atoms. The smallest absolute Gasteiger partial charge is 0.491 e. The van der Waals surface area contributed by atoms with Crippen LogP contribution in [0.4, 0.5) is 36.4 Å². The summed E-state index contributed by atoms with van der Waals surface area (Å²) in [5.74, 6) is -5.47. The molecule has 0 bridgehead atoms. The average Bonchev–Trinajstić information content (AvgIpc) is 3.59. The van der Waals surface area contributed by atoms with Crippen LogP contribution < -0.4 is 9.64 Å². The average molecular weight is 635 g/mol. The van der Waals surface area contributed by atoms with Crippen LogP contribution in [0.5, 0.6) is 5.75 Å². The van der Waals surface area contributed by atoms with Crippen molar-refractivity contribution in [2.45, 2.75) is 25.5 Å². The number of halogens is 8. The molecule has 228 valence electrons. The van der Waals surface area contributed by atoms with Crippen molar-refractivity contribution in [1.82, 2.24) is 24.5 Å². The van der Waals surface area contributed by atoms with Crippen molar-refractivity contribution in [2.24, 2.45) is 0 Å². The van der Waals surface area contributed by atoms with Gasteiger partial charge in [0, 0.05) is 17.4 Å². The molecule has 4 rings (SSSR count). The summed E-state index contributed by atoms with van der Waals surface area (Å²) in [5, 5.41) is 6.63. The zero-order valence-corrected chi connectivity index (χ0v) is 22.6. The van der Waals surface area contributed by atoms with E-state index < -0.39 is 53.5 Å². The highest BCUT2D eigenvalue weighted by atomic mass is 35.5. The Morgan fingerprint density at radius 1 is 1.07 bits per heavy atom. The van der Waals surface area contributed by atoms with Crippen molar-refractivity contribution in [3.8, 4) is 22.7 Å². The summed E-state index contributed by atoms with van der Waals surface area (Å²) in [6.45, 7) is -0.304. The number of benzene rings is 2. The summed E-state index contributed by atoms with van der Waals surface area (Å²) in [4.78, 5) is 29.1. The summed E-state index contributed by atoms with van der Waals surface area (Å²) >= 11 is 5.65. The van der Waals surface area contributed by atoms with E-state index in [0.717, 1.165) is 12.3 Å². The highest BCUT2D eigenvalue weighted by Crippen LogP contribution is 2.32. The standard InChI is InChI=1S/C25H18ClF7N6O4/c1-13-9-37(12-34-13)19-6-3-14(7-20(19)42-2)18-10-39(36-35-18)22(43-23(41)25(31,32)33)21(40)38(11-24(28,29)30)15-4-5-17(27)16(26)8-15/h3-10,12,22H,11H2,1-2H3. The van der Waals surface area contributed by atoms with Gasteiger partial charge in [-0.15, -0.1) is 5.10 Å². The second kappa shape index (κ2) is 11.9. The number of anilines is 1. The lowest BCUT2D eigenvalue weighted by Crippen LogP contribution is -2.45. The largest absolute Gasteiger partial charge is 0.495 e. The van der Waals surface area contributed by atoms with Gasteiger partial charge in [-0.25, -0.2) is 18.9 Å². The van der Waals surface area contributed by atoms with E-state index in [2.05, 4.69) is 20.0 Å².